The number of anilines is 1. The number of hydrogen-bond acceptors (Lipinski definition) is 4. The summed E-state index contributed by atoms with van der Waals surface area (Å²) < 4.78 is 17.8. The molecular formula is C16H18FN3S2. The van der Waals surface area contributed by atoms with E-state index in [0.717, 1.165) is 64.5 Å². The van der Waals surface area contributed by atoms with Gasteiger partial charge in [0.2, 0.25) is 0 Å². The highest BCUT2D eigenvalue weighted by molar-refractivity contribution is 7.99. The summed E-state index contributed by atoms with van der Waals surface area (Å²) in [6.07, 6.45) is 2.04. The topological polar surface area (TPSA) is 11.4 Å². The lowest BCUT2D eigenvalue weighted by molar-refractivity contribution is 0.311. The predicted molar refractivity (Wildman–Crippen MR) is 93.2 cm³/mol. The molecule has 4 rings (SSSR count). The van der Waals surface area contributed by atoms with Gasteiger partial charge >= 0.3 is 0 Å². The zero-order valence-corrected chi connectivity index (χ0v) is 14.1. The third-order valence-corrected chi connectivity index (χ3v) is 5.96. The van der Waals surface area contributed by atoms with Crippen LogP contribution in [0, 0.1) is 10.3 Å². The van der Waals surface area contributed by atoms with Crippen LogP contribution in [0.5, 0.6) is 0 Å². The average molecular weight is 335 g/mol. The number of piperazine rings is 1. The van der Waals surface area contributed by atoms with Gasteiger partial charge in [0.1, 0.15) is 5.82 Å². The number of pyridine rings is 1. The van der Waals surface area contributed by atoms with Crippen LogP contribution in [-0.4, -0.2) is 48.4 Å². The van der Waals surface area contributed by atoms with Crippen LogP contribution >= 0.6 is 24.0 Å². The van der Waals surface area contributed by atoms with Gasteiger partial charge in [-0.3, -0.25) is 0 Å². The first-order valence-corrected chi connectivity index (χ1v) is 8.96. The van der Waals surface area contributed by atoms with Crippen LogP contribution < -0.4 is 4.90 Å². The summed E-state index contributed by atoms with van der Waals surface area (Å²) in [4.78, 5) is 5.55. The summed E-state index contributed by atoms with van der Waals surface area (Å²) in [5.74, 6) is 0.846. The van der Waals surface area contributed by atoms with Gasteiger partial charge in [0.05, 0.1) is 16.1 Å². The van der Waals surface area contributed by atoms with E-state index in [2.05, 4.69) is 21.4 Å². The number of nitrogens with zero attached hydrogens (tertiary/aromatic N) is 3. The van der Waals surface area contributed by atoms with Crippen molar-refractivity contribution >= 4 is 40.6 Å². The van der Waals surface area contributed by atoms with E-state index in [1.54, 1.807) is 17.8 Å². The fraction of sp³-hybridized carbons (Fsp3) is 0.438. The molecule has 0 unspecified atom stereocenters. The van der Waals surface area contributed by atoms with Crippen LogP contribution in [-0.2, 0) is 6.54 Å². The molecule has 0 spiro atoms. The minimum Gasteiger partial charge on any atom is -0.366 e. The summed E-state index contributed by atoms with van der Waals surface area (Å²) in [5.41, 5.74) is 1.89. The molecular weight excluding hydrogens is 317 g/mol. The zero-order valence-electron chi connectivity index (χ0n) is 12.5. The van der Waals surface area contributed by atoms with Crippen molar-refractivity contribution in [2.24, 2.45) is 0 Å². The van der Waals surface area contributed by atoms with E-state index in [9.17, 15) is 4.39 Å². The summed E-state index contributed by atoms with van der Waals surface area (Å²) in [7, 11) is 2.12. The summed E-state index contributed by atoms with van der Waals surface area (Å²) >= 11 is 7.17. The Labute approximate surface area is 138 Å². The summed E-state index contributed by atoms with van der Waals surface area (Å²) in [6.45, 7) is 4.66. The molecule has 3 nitrogen and oxygen atoms in total. The minimum atomic E-state index is -0.134. The smallest absolute Gasteiger partial charge is 0.148 e. The largest absolute Gasteiger partial charge is 0.366 e. The number of aromatic nitrogens is 1. The van der Waals surface area contributed by atoms with Crippen LogP contribution in [0.15, 0.2) is 23.2 Å². The first-order chi connectivity index (χ1) is 10.6. The molecule has 116 valence electrons. The predicted octanol–water partition coefficient (Wildman–Crippen LogP) is 3.37. The van der Waals surface area contributed by atoms with Gasteiger partial charge in [-0.2, -0.15) is 0 Å². The Kier molecular flexibility index (Phi) is 3.63. The maximum absolute atomic E-state index is 14.9. The van der Waals surface area contributed by atoms with Gasteiger partial charge in [0.15, 0.2) is 0 Å². The number of rotatable bonds is 1. The monoisotopic (exact) mass is 335 g/mol. The van der Waals surface area contributed by atoms with E-state index in [-0.39, 0.29) is 5.82 Å². The Balaban J connectivity index is 1.94. The molecule has 0 N–H and O–H groups in total. The Morgan fingerprint density at radius 2 is 1.95 bits per heavy atom. The Bertz CT molecular complexity index is 794. The van der Waals surface area contributed by atoms with Crippen LogP contribution in [0.1, 0.15) is 0 Å². The molecule has 1 saturated heterocycles. The Morgan fingerprint density at radius 3 is 2.73 bits per heavy atom. The number of halogens is 1. The van der Waals surface area contributed by atoms with Crippen molar-refractivity contribution in [2.75, 3.05) is 43.9 Å². The molecule has 3 heterocycles. The lowest BCUT2D eigenvalue weighted by Crippen LogP contribution is -2.45. The van der Waals surface area contributed by atoms with Crippen molar-refractivity contribution < 1.29 is 4.39 Å². The van der Waals surface area contributed by atoms with Gasteiger partial charge < -0.3 is 14.4 Å². The number of likely N-dealkylation sites (N-methyl/N-ethyl adjacent to an activating group) is 1. The Hall–Kier alpha value is -1.11. The molecule has 0 bridgehead atoms. The molecule has 1 aromatic heterocycles. The maximum atomic E-state index is 14.9. The SMILES string of the molecule is CN1CCN(c2c(F)cc3c(=S)ccn4c3c2SCC4)CC1. The zero-order chi connectivity index (χ0) is 15.3. The fourth-order valence-electron chi connectivity index (χ4n) is 3.30. The third kappa shape index (κ3) is 2.25. The van der Waals surface area contributed by atoms with Gasteiger partial charge in [0.25, 0.3) is 0 Å². The number of aryl methyl sites for hydroxylation is 1. The van der Waals surface area contributed by atoms with E-state index < -0.39 is 0 Å². The molecule has 6 heteroatoms. The second-order valence-corrected chi connectivity index (χ2v) is 7.49. The number of benzene rings is 1. The van der Waals surface area contributed by atoms with Gasteiger partial charge in [-0.15, -0.1) is 11.8 Å². The number of hydrogen-bond donors (Lipinski definition) is 0. The molecule has 0 aliphatic carbocycles. The highest BCUT2D eigenvalue weighted by Gasteiger charge is 2.25. The van der Waals surface area contributed by atoms with Crippen molar-refractivity contribution in [3.63, 3.8) is 0 Å². The van der Waals surface area contributed by atoms with E-state index in [4.69, 9.17) is 12.2 Å². The van der Waals surface area contributed by atoms with Crippen molar-refractivity contribution in [3.8, 4) is 0 Å². The summed E-state index contributed by atoms with van der Waals surface area (Å²) in [6, 6.07) is 3.55. The van der Waals surface area contributed by atoms with Crippen molar-refractivity contribution in [1.82, 2.24) is 9.47 Å². The van der Waals surface area contributed by atoms with Crippen molar-refractivity contribution in [1.29, 1.82) is 0 Å². The molecule has 0 radical (unpaired) electrons. The first kappa shape index (κ1) is 14.5. The van der Waals surface area contributed by atoms with Gasteiger partial charge in [-0.05, 0) is 19.2 Å². The lowest BCUT2D eigenvalue weighted by Gasteiger charge is -2.36. The molecule has 22 heavy (non-hydrogen) atoms. The summed E-state index contributed by atoms with van der Waals surface area (Å²) in [5, 5.41) is 0.870. The molecule has 0 amide bonds. The van der Waals surface area contributed by atoms with E-state index >= 15 is 0 Å². The van der Waals surface area contributed by atoms with E-state index in [0.29, 0.717) is 0 Å². The molecule has 1 aromatic carbocycles. The van der Waals surface area contributed by atoms with Gasteiger partial charge in [0, 0.05) is 54.6 Å². The van der Waals surface area contributed by atoms with Gasteiger partial charge in [-0.25, -0.2) is 4.39 Å². The average Bonchev–Trinajstić information content (AvgIpc) is 2.52. The number of thioether (sulfide) groups is 1. The van der Waals surface area contributed by atoms with Crippen molar-refractivity contribution in [2.45, 2.75) is 11.4 Å². The molecule has 0 saturated carbocycles. The van der Waals surface area contributed by atoms with Gasteiger partial charge in [-0.1, -0.05) is 12.2 Å². The fourth-order valence-corrected chi connectivity index (χ4v) is 4.73. The van der Waals surface area contributed by atoms with Crippen LogP contribution in [0.3, 0.4) is 0 Å². The standard InChI is InChI=1S/C16H18FN3S2/c1-18-4-6-20(7-5-18)15-12(17)10-11-13(21)2-3-19-8-9-22-16(15)14(11)19/h2-3,10H,4-9H2,1H3. The normalized spacial score (nSPS) is 18.9. The second kappa shape index (κ2) is 5.51. The minimum absolute atomic E-state index is 0.134. The van der Waals surface area contributed by atoms with E-state index in [1.165, 1.54) is 0 Å². The van der Waals surface area contributed by atoms with Crippen LogP contribution in [0.2, 0.25) is 0 Å². The Morgan fingerprint density at radius 1 is 1.18 bits per heavy atom. The maximum Gasteiger partial charge on any atom is 0.148 e. The third-order valence-electron chi connectivity index (χ3n) is 4.54. The van der Waals surface area contributed by atoms with E-state index in [1.807, 2.05) is 12.3 Å². The van der Waals surface area contributed by atoms with Crippen molar-refractivity contribution in [3.05, 3.63) is 28.7 Å². The molecule has 0 atom stereocenters. The molecule has 1 fully saturated rings. The second-order valence-electron chi connectivity index (χ2n) is 5.94. The molecule has 2 aromatic rings. The lowest BCUT2D eigenvalue weighted by atomic mass is 10.1. The van der Waals surface area contributed by atoms with Crippen LogP contribution in [0.25, 0.3) is 10.9 Å². The molecule has 2 aliphatic heterocycles. The van der Waals surface area contributed by atoms with Crippen LogP contribution in [0.4, 0.5) is 10.1 Å². The highest BCUT2D eigenvalue weighted by atomic mass is 32.2. The first-order valence-electron chi connectivity index (χ1n) is 7.57. The molecule has 2 aliphatic rings. The highest BCUT2D eigenvalue weighted by Crippen LogP contribution is 2.42. The quantitative estimate of drug-likeness (QED) is 0.740.